The Kier molecular flexibility index (Phi) is 2.14. The van der Waals surface area contributed by atoms with Crippen LogP contribution in [0.5, 0.6) is 0 Å². The molecule has 2 aromatic heterocycles. The summed E-state index contributed by atoms with van der Waals surface area (Å²) in [5.74, 6) is 0.879. The summed E-state index contributed by atoms with van der Waals surface area (Å²) in [6.07, 6.45) is 4.33. The van der Waals surface area contributed by atoms with Gasteiger partial charge in [-0.2, -0.15) is 0 Å². The molecule has 1 aliphatic carbocycles. The van der Waals surface area contributed by atoms with Crippen molar-refractivity contribution >= 4 is 28.3 Å². The Hall–Kier alpha value is -1.88. The first-order valence-electron chi connectivity index (χ1n) is 6.05. The first-order chi connectivity index (χ1) is 8.88. The van der Waals surface area contributed by atoms with E-state index in [9.17, 15) is 0 Å². The fourth-order valence-corrected chi connectivity index (χ4v) is 2.63. The van der Waals surface area contributed by atoms with Gasteiger partial charge in [-0.1, -0.05) is 0 Å². The van der Waals surface area contributed by atoms with Crippen molar-refractivity contribution in [3.63, 3.8) is 0 Å². The van der Waals surface area contributed by atoms with Gasteiger partial charge in [0.15, 0.2) is 0 Å². The van der Waals surface area contributed by atoms with Crippen LogP contribution < -0.4 is 5.32 Å². The molecule has 5 heteroatoms. The molecule has 3 aromatic rings. The molecule has 0 spiro atoms. The summed E-state index contributed by atoms with van der Waals surface area (Å²) < 4.78 is 0. The number of nitrogens with zero attached hydrogens (tertiary/aromatic N) is 2. The van der Waals surface area contributed by atoms with Gasteiger partial charge in [0.25, 0.3) is 0 Å². The summed E-state index contributed by atoms with van der Waals surface area (Å²) in [7, 11) is 0. The van der Waals surface area contributed by atoms with E-state index >= 15 is 0 Å². The Morgan fingerprint density at radius 3 is 3.06 bits per heavy atom. The van der Waals surface area contributed by atoms with E-state index in [2.05, 4.69) is 32.4 Å². The Balaban J connectivity index is 1.75. The van der Waals surface area contributed by atoms with Crippen molar-refractivity contribution < 1.29 is 0 Å². The molecule has 0 aliphatic heterocycles. The standard InChI is InChI=1S/C13H12N4S/c1-4-10-11(7-8(1)12-14-5-6-18-12)17-13(16-10)15-9-2-3-9/h1,4-7,9H,2-3H2,(H2,15,16,17). The number of H-pyrrole nitrogens is 1. The van der Waals surface area contributed by atoms with Crippen LogP contribution in [0.15, 0.2) is 29.8 Å². The lowest BCUT2D eigenvalue weighted by Gasteiger charge is -1.96. The molecule has 1 fully saturated rings. The summed E-state index contributed by atoms with van der Waals surface area (Å²) in [5, 5.41) is 6.42. The zero-order chi connectivity index (χ0) is 11.9. The number of fused-ring (bicyclic) bond motifs is 1. The van der Waals surface area contributed by atoms with Gasteiger partial charge in [-0.25, -0.2) is 9.97 Å². The summed E-state index contributed by atoms with van der Waals surface area (Å²) in [4.78, 5) is 12.2. The van der Waals surface area contributed by atoms with E-state index in [0.717, 1.165) is 27.6 Å². The smallest absolute Gasteiger partial charge is 0.201 e. The van der Waals surface area contributed by atoms with E-state index < -0.39 is 0 Å². The van der Waals surface area contributed by atoms with E-state index in [1.54, 1.807) is 11.3 Å². The van der Waals surface area contributed by atoms with Crippen LogP contribution in [0, 0.1) is 0 Å². The molecule has 0 radical (unpaired) electrons. The highest BCUT2D eigenvalue weighted by atomic mass is 32.1. The Morgan fingerprint density at radius 1 is 1.33 bits per heavy atom. The maximum atomic E-state index is 4.53. The largest absolute Gasteiger partial charge is 0.353 e. The van der Waals surface area contributed by atoms with Crippen molar-refractivity contribution in [3.8, 4) is 10.6 Å². The average molecular weight is 256 g/mol. The summed E-state index contributed by atoms with van der Waals surface area (Å²) >= 11 is 1.65. The van der Waals surface area contributed by atoms with Crippen molar-refractivity contribution in [1.29, 1.82) is 0 Å². The number of aromatic nitrogens is 3. The fourth-order valence-electron chi connectivity index (χ4n) is 2.00. The van der Waals surface area contributed by atoms with Crippen LogP contribution >= 0.6 is 11.3 Å². The lowest BCUT2D eigenvalue weighted by molar-refractivity contribution is 1.10. The third-order valence-corrected chi connectivity index (χ3v) is 3.90. The second-order valence-corrected chi connectivity index (χ2v) is 5.47. The third-order valence-electron chi connectivity index (χ3n) is 3.08. The topological polar surface area (TPSA) is 53.6 Å². The molecule has 1 aliphatic rings. The monoisotopic (exact) mass is 256 g/mol. The van der Waals surface area contributed by atoms with Gasteiger partial charge >= 0.3 is 0 Å². The summed E-state index contributed by atoms with van der Waals surface area (Å²) in [5.41, 5.74) is 3.20. The van der Waals surface area contributed by atoms with Crippen molar-refractivity contribution in [3.05, 3.63) is 29.8 Å². The maximum Gasteiger partial charge on any atom is 0.201 e. The van der Waals surface area contributed by atoms with E-state index in [4.69, 9.17) is 0 Å². The van der Waals surface area contributed by atoms with Crippen molar-refractivity contribution in [1.82, 2.24) is 15.0 Å². The summed E-state index contributed by atoms with van der Waals surface area (Å²) in [6.45, 7) is 0. The summed E-state index contributed by atoms with van der Waals surface area (Å²) in [6, 6.07) is 6.84. The molecule has 0 saturated heterocycles. The number of hydrogen-bond acceptors (Lipinski definition) is 4. The van der Waals surface area contributed by atoms with E-state index in [1.807, 2.05) is 17.6 Å². The van der Waals surface area contributed by atoms with Crippen molar-refractivity contribution in [2.24, 2.45) is 0 Å². The molecule has 0 unspecified atom stereocenters. The quantitative estimate of drug-likeness (QED) is 0.756. The van der Waals surface area contributed by atoms with Crippen LogP contribution in [0.2, 0.25) is 0 Å². The van der Waals surface area contributed by atoms with E-state index in [-0.39, 0.29) is 0 Å². The molecule has 4 rings (SSSR count). The highest BCUT2D eigenvalue weighted by Gasteiger charge is 2.22. The van der Waals surface area contributed by atoms with E-state index in [0.29, 0.717) is 6.04 Å². The lowest BCUT2D eigenvalue weighted by atomic mass is 10.2. The predicted octanol–water partition coefficient (Wildman–Crippen LogP) is 3.26. The highest BCUT2D eigenvalue weighted by Crippen LogP contribution is 2.27. The predicted molar refractivity (Wildman–Crippen MR) is 73.8 cm³/mol. The maximum absolute atomic E-state index is 4.53. The number of rotatable bonds is 3. The zero-order valence-electron chi connectivity index (χ0n) is 9.68. The third kappa shape index (κ3) is 1.76. The van der Waals surface area contributed by atoms with Crippen LogP contribution in [-0.4, -0.2) is 21.0 Å². The number of aromatic amines is 1. The molecule has 2 heterocycles. The number of hydrogen-bond donors (Lipinski definition) is 2. The lowest BCUT2D eigenvalue weighted by Crippen LogP contribution is -2.01. The number of imidazole rings is 1. The SMILES string of the molecule is c1csc(-c2ccc3nc(NC4CC4)[nH]c3c2)n1. The van der Waals surface area contributed by atoms with Crippen LogP contribution in [0.4, 0.5) is 5.95 Å². The molecule has 18 heavy (non-hydrogen) atoms. The first-order valence-corrected chi connectivity index (χ1v) is 6.93. The minimum absolute atomic E-state index is 0.615. The molecular formula is C13H12N4S. The zero-order valence-corrected chi connectivity index (χ0v) is 10.5. The van der Waals surface area contributed by atoms with Gasteiger partial charge in [0.2, 0.25) is 5.95 Å². The molecule has 1 saturated carbocycles. The second-order valence-electron chi connectivity index (χ2n) is 4.57. The normalized spacial score (nSPS) is 15.1. The molecule has 4 nitrogen and oxygen atoms in total. The minimum atomic E-state index is 0.615. The van der Waals surface area contributed by atoms with Crippen LogP contribution in [-0.2, 0) is 0 Å². The van der Waals surface area contributed by atoms with Gasteiger partial charge in [-0.3, -0.25) is 0 Å². The van der Waals surface area contributed by atoms with Gasteiger partial charge in [-0.05, 0) is 31.0 Å². The molecular weight excluding hydrogens is 244 g/mol. The van der Waals surface area contributed by atoms with Gasteiger partial charge in [0, 0.05) is 23.2 Å². The van der Waals surface area contributed by atoms with Gasteiger partial charge in [0.05, 0.1) is 11.0 Å². The number of thiazole rings is 1. The molecule has 1 aromatic carbocycles. The highest BCUT2D eigenvalue weighted by molar-refractivity contribution is 7.13. The molecule has 90 valence electrons. The van der Waals surface area contributed by atoms with Gasteiger partial charge in [0.1, 0.15) is 5.01 Å². The Morgan fingerprint density at radius 2 is 2.28 bits per heavy atom. The molecule has 2 N–H and O–H groups in total. The van der Waals surface area contributed by atoms with Crippen molar-refractivity contribution in [2.75, 3.05) is 5.32 Å². The van der Waals surface area contributed by atoms with Crippen LogP contribution in [0.3, 0.4) is 0 Å². The number of benzene rings is 1. The molecule has 0 bridgehead atoms. The minimum Gasteiger partial charge on any atom is -0.353 e. The Bertz CT molecular complexity index is 682. The fraction of sp³-hybridized carbons (Fsp3) is 0.231. The van der Waals surface area contributed by atoms with Crippen molar-refractivity contribution in [2.45, 2.75) is 18.9 Å². The van der Waals surface area contributed by atoms with Crippen LogP contribution in [0.1, 0.15) is 12.8 Å². The van der Waals surface area contributed by atoms with E-state index in [1.165, 1.54) is 12.8 Å². The van der Waals surface area contributed by atoms with Gasteiger partial charge in [-0.15, -0.1) is 11.3 Å². The second kappa shape index (κ2) is 3.81. The number of nitrogens with one attached hydrogen (secondary N) is 2. The average Bonchev–Trinajstić information content (AvgIpc) is 2.92. The number of anilines is 1. The van der Waals surface area contributed by atoms with Gasteiger partial charge < -0.3 is 10.3 Å². The first kappa shape index (κ1) is 10.1. The molecule has 0 atom stereocenters. The van der Waals surface area contributed by atoms with Crippen LogP contribution in [0.25, 0.3) is 21.6 Å². The Labute approximate surface area is 108 Å². The molecule has 0 amide bonds.